The molecule has 3 heterocycles. The summed E-state index contributed by atoms with van der Waals surface area (Å²) in [6.07, 6.45) is 5.39. The predicted molar refractivity (Wildman–Crippen MR) is 88.3 cm³/mol. The van der Waals surface area contributed by atoms with Crippen LogP contribution in [0.3, 0.4) is 0 Å². The molecule has 2 aromatic rings. The molecular weight excluding hydrogens is 308 g/mol. The first-order valence-electron chi connectivity index (χ1n) is 8.26. The highest BCUT2D eigenvalue weighted by atomic mass is 16.5. The van der Waals surface area contributed by atoms with Gasteiger partial charge in [0.05, 0.1) is 18.6 Å². The highest BCUT2D eigenvalue weighted by molar-refractivity contribution is 5.74. The van der Waals surface area contributed by atoms with Crippen LogP contribution in [0, 0.1) is 6.92 Å². The lowest BCUT2D eigenvalue weighted by atomic mass is 10.3. The van der Waals surface area contributed by atoms with Crippen molar-refractivity contribution in [2.24, 2.45) is 0 Å². The highest BCUT2D eigenvalue weighted by Gasteiger charge is 2.22. The summed E-state index contributed by atoms with van der Waals surface area (Å²) in [5.41, 5.74) is 0.898. The van der Waals surface area contributed by atoms with Crippen LogP contribution >= 0.6 is 0 Å². The third-order valence-electron chi connectivity index (χ3n) is 4.13. The molecule has 0 unspecified atom stereocenters. The molecule has 0 aliphatic carbocycles. The molecule has 8 nitrogen and oxygen atoms in total. The molecule has 0 spiro atoms. The van der Waals surface area contributed by atoms with Gasteiger partial charge < -0.3 is 19.3 Å². The van der Waals surface area contributed by atoms with E-state index < -0.39 is 0 Å². The minimum atomic E-state index is -0.00206. The van der Waals surface area contributed by atoms with Gasteiger partial charge in [0.1, 0.15) is 0 Å². The van der Waals surface area contributed by atoms with E-state index in [0.717, 1.165) is 50.7 Å². The predicted octanol–water partition coefficient (Wildman–Crippen LogP) is 1.10. The maximum absolute atomic E-state index is 12.3. The Morgan fingerprint density at radius 1 is 1.38 bits per heavy atom. The zero-order valence-electron chi connectivity index (χ0n) is 14.2. The summed E-state index contributed by atoms with van der Waals surface area (Å²) in [5, 5.41) is 6.95. The number of carbonyl (C=O) groups excluding carboxylic acids is 1. The van der Waals surface area contributed by atoms with E-state index in [1.165, 1.54) is 0 Å². The molecule has 2 amide bonds. The molecule has 1 aliphatic rings. The van der Waals surface area contributed by atoms with Crippen LogP contribution in [0.5, 0.6) is 0 Å². The average molecular weight is 332 g/mol. The number of carbonyl (C=O) groups is 1. The van der Waals surface area contributed by atoms with Gasteiger partial charge in [0.2, 0.25) is 0 Å². The molecule has 130 valence electrons. The summed E-state index contributed by atoms with van der Waals surface area (Å²) in [7, 11) is 0. The van der Waals surface area contributed by atoms with Gasteiger partial charge in [-0.2, -0.15) is 0 Å². The topological polar surface area (TPSA) is 79.4 Å². The number of nitrogens with one attached hydrogen (secondary N) is 1. The molecule has 0 radical (unpaired) electrons. The average Bonchev–Trinajstić information content (AvgIpc) is 3.20. The first-order chi connectivity index (χ1) is 11.6. The summed E-state index contributed by atoms with van der Waals surface area (Å²) in [4.78, 5) is 20.5. The third-order valence-corrected chi connectivity index (χ3v) is 4.13. The Morgan fingerprint density at radius 2 is 2.17 bits per heavy atom. The molecule has 1 atom stereocenters. The first kappa shape index (κ1) is 16.5. The monoisotopic (exact) mass is 332 g/mol. The molecule has 8 heteroatoms. The minimum absolute atomic E-state index is 0.00206. The van der Waals surface area contributed by atoms with Crippen molar-refractivity contribution in [2.75, 3.05) is 26.2 Å². The summed E-state index contributed by atoms with van der Waals surface area (Å²) >= 11 is 0. The molecule has 1 saturated heterocycles. The van der Waals surface area contributed by atoms with Crippen LogP contribution in [0.1, 0.15) is 18.4 Å². The van der Waals surface area contributed by atoms with Gasteiger partial charge >= 0.3 is 6.03 Å². The second kappa shape index (κ2) is 7.48. The van der Waals surface area contributed by atoms with E-state index in [1.807, 2.05) is 35.6 Å². The Hall–Kier alpha value is -2.35. The first-order valence-corrected chi connectivity index (χ1v) is 8.26. The molecule has 3 rings (SSSR count). The number of rotatable bonds is 5. The van der Waals surface area contributed by atoms with E-state index in [1.54, 1.807) is 12.5 Å². The van der Waals surface area contributed by atoms with E-state index in [2.05, 4.69) is 20.4 Å². The van der Waals surface area contributed by atoms with Crippen LogP contribution in [0.25, 0.3) is 0 Å². The second-order valence-electron chi connectivity index (χ2n) is 6.31. The number of piperazine rings is 1. The van der Waals surface area contributed by atoms with Gasteiger partial charge in [-0.25, -0.2) is 9.78 Å². The fourth-order valence-corrected chi connectivity index (χ4v) is 2.88. The van der Waals surface area contributed by atoms with E-state index in [-0.39, 0.29) is 12.1 Å². The van der Waals surface area contributed by atoms with E-state index in [9.17, 15) is 4.79 Å². The lowest BCUT2D eigenvalue weighted by Crippen LogP contribution is -2.53. The fraction of sp³-hybridized carbons (Fsp3) is 0.562. The summed E-state index contributed by atoms with van der Waals surface area (Å²) in [5.74, 6) is 0.874. The van der Waals surface area contributed by atoms with Gasteiger partial charge in [-0.1, -0.05) is 5.16 Å². The van der Waals surface area contributed by atoms with E-state index >= 15 is 0 Å². The minimum Gasteiger partial charge on any atom is -0.360 e. The van der Waals surface area contributed by atoms with Gasteiger partial charge in [0.25, 0.3) is 0 Å². The Morgan fingerprint density at radius 3 is 2.79 bits per heavy atom. The van der Waals surface area contributed by atoms with Gasteiger partial charge in [0, 0.05) is 57.2 Å². The Bertz CT molecular complexity index is 645. The number of urea groups is 1. The van der Waals surface area contributed by atoms with Crippen molar-refractivity contribution in [1.82, 2.24) is 29.8 Å². The van der Waals surface area contributed by atoms with Crippen LogP contribution < -0.4 is 5.32 Å². The number of amides is 2. The molecule has 0 bridgehead atoms. The van der Waals surface area contributed by atoms with Crippen molar-refractivity contribution in [3.8, 4) is 0 Å². The van der Waals surface area contributed by atoms with E-state index in [0.29, 0.717) is 0 Å². The number of aryl methyl sites for hydroxylation is 1. The zero-order chi connectivity index (χ0) is 16.9. The van der Waals surface area contributed by atoms with Gasteiger partial charge in [-0.05, 0) is 13.8 Å². The molecule has 1 N–H and O–H groups in total. The number of aromatic nitrogens is 3. The number of imidazole rings is 1. The van der Waals surface area contributed by atoms with Gasteiger partial charge in [0.15, 0.2) is 5.76 Å². The Labute approximate surface area is 141 Å². The quantitative estimate of drug-likeness (QED) is 0.887. The number of nitrogens with zero attached hydrogens (tertiary/aromatic N) is 5. The number of hydrogen-bond acceptors (Lipinski definition) is 5. The summed E-state index contributed by atoms with van der Waals surface area (Å²) in [6, 6.07) is 2.01. The molecule has 1 fully saturated rings. The zero-order valence-corrected chi connectivity index (χ0v) is 14.2. The van der Waals surface area contributed by atoms with Gasteiger partial charge in [-0.15, -0.1) is 0 Å². The standard InChI is InChI=1S/C16H24N6O2/c1-13-9-15(24-19-13)11-20-5-7-22(8-6-20)16(23)18-14(2)10-21-4-3-17-12-21/h3-4,9,12,14H,5-8,10-11H2,1-2H3,(H,18,23)/t14-/m0/s1. The Kier molecular flexibility index (Phi) is 5.14. The smallest absolute Gasteiger partial charge is 0.317 e. The highest BCUT2D eigenvalue weighted by Crippen LogP contribution is 2.10. The van der Waals surface area contributed by atoms with Crippen LogP contribution in [-0.4, -0.2) is 62.8 Å². The van der Waals surface area contributed by atoms with Crippen molar-refractivity contribution in [2.45, 2.75) is 33.0 Å². The third kappa shape index (κ3) is 4.35. The largest absolute Gasteiger partial charge is 0.360 e. The Balaban J connectivity index is 1.41. The van der Waals surface area contributed by atoms with Crippen LogP contribution in [0.2, 0.25) is 0 Å². The van der Waals surface area contributed by atoms with Crippen molar-refractivity contribution < 1.29 is 9.32 Å². The van der Waals surface area contributed by atoms with Crippen molar-refractivity contribution in [3.63, 3.8) is 0 Å². The van der Waals surface area contributed by atoms with Crippen LogP contribution in [0.15, 0.2) is 29.3 Å². The molecule has 2 aromatic heterocycles. The van der Waals surface area contributed by atoms with E-state index in [4.69, 9.17) is 4.52 Å². The number of hydrogen-bond donors (Lipinski definition) is 1. The maximum atomic E-state index is 12.3. The van der Waals surface area contributed by atoms with Crippen molar-refractivity contribution in [1.29, 1.82) is 0 Å². The second-order valence-corrected chi connectivity index (χ2v) is 6.31. The molecule has 0 saturated carbocycles. The molecule has 1 aliphatic heterocycles. The van der Waals surface area contributed by atoms with Crippen molar-refractivity contribution >= 4 is 6.03 Å². The molecule has 24 heavy (non-hydrogen) atoms. The SMILES string of the molecule is Cc1cc(CN2CCN(C(=O)N[C@@H](C)Cn3ccnc3)CC2)on1. The summed E-state index contributed by atoms with van der Waals surface area (Å²) in [6.45, 7) is 8.49. The van der Waals surface area contributed by atoms with Crippen molar-refractivity contribution in [3.05, 3.63) is 36.2 Å². The molecule has 0 aromatic carbocycles. The maximum Gasteiger partial charge on any atom is 0.317 e. The van der Waals surface area contributed by atoms with Crippen LogP contribution in [0.4, 0.5) is 4.79 Å². The fourth-order valence-electron chi connectivity index (χ4n) is 2.88. The summed E-state index contributed by atoms with van der Waals surface area (Å²) < 4.78 is 7.21. The van der Waals surface area contributed by atoms with Crippen LogP contribution in [-0.2, 0) is 13.1 Å². The van der Waals surface area contributed by atoms with Gasteiger partial charge in [-0.3, -0.25) is 4.90 Å². The lowest BCUT2D eigenvalue weighted by Gasteiger charge is -2.34. The lowest BCUT2D eigenvalue weighted by molar-refractivity contribution is 0.126. The normalized spacial score (nSPS) is 17.0. The molecular formula is C16H24N6O2.